The quantitative estimate of drug-likeness (QED) is 0.359. The van der Waals surface area contributed by atoms with Crippen molar-refractivity contribution in [2.75, 3.05) is 0 Å². The molecular weight excluding hydrogens is 352 g/mol. The number of hydrogen-bond acceptors (Lipinski definition) is 6. The SMILES string of the molecule is C=NC(=C(C#N)C=CC)c1nccn1Cc1ncn2c(C)nnc2c1CCC. The summed E-state index contributed by atoms with van der Waals surface area (Å²) in [5.41, 5.74) is 3.65. The summed E-state index contributed by atoms with van der Waals surface area (Å²) < 4.78 is 3.83. The molecule has 0 saturated carbocycles. The minimum atomic E-state index is 0.412. The molecule has 0 saturated heterocycles. The van der Waals surface area contributed by atoms with E-state index >= 15 is 0 Å². The first kappa shape index (κ1) is 19.2. The monoisotopic (exact) mass is 374 g/mol. The number of allylic oxidation sites excluding steroid dienone is 3. The molecule has 0 spiro atoms. The van der Waals surface area contributed by atoms with Crippen LogP contribution in [0.3, 0.4) is 0 Å². The van der Waals surface area contributed by atoms with Crippen LogP contribution < -0.4 is 0 Å². The fourth-order valence-corrected chi connectivity index (χ4v) is 3.12. The minimum absolute atomic E-state index is 0.412. The summed E-state index contributed by atoms with van der Waals surface area (Å²) in [6, 6.07) is 2.16. The zero-order valence-electron chi connectivity index (χ0n) is 16.3. The molecule has 0 unspecified atom stereocenters. The Morgan fingerprint density at radius 3 is 2.86 bits per heavy atom. The second-order valence-electron chi connectivity index (χ2n) is 6.27. The normalized spacial score (nSPS) is 12.4. The van der Waals surface area contributed by atoms with Crippen LogP contribution in [0.1, 0.15) is 43.2 Å². The lowest BCUT2D eigenvalue weighted by Gasteiger charge is -2.12. The number of hydrogen-bond donors (Lipinski definition) is 0. The first-order valence-electron chi connectivity index (χ1n) is 9.07. The van der Waals surface area contributed by atoms with E-state index in [0.717, 1.165) is 35.6 Å². The van der Waals surface area contributed by atoms with E-state index in [0.29, 0.717) is 23.6 Å². The van der Waals surface area contributed by atoms with Gasteiger partial charge < -0.3 is 4.57 Å². The van der Waals surface area contributed by atoms with Gasteiger partial charge in [-0.2, -0.15) is 5.26 Å². The molecule has 0 amide bonds. The summed E-state index contributed by atoms with van der Waals surface area (Å²) in [5.74, 6) is 1.38. The highest BCUT2D eigenvalue weighted by molar-refractivity contribution is 5.72. The highest BCUT2D eigenvalue weighted by Crippen LogP contribution is 2.22. The molecule has 3 aromatic heterocycles. The van der Waals surface area contributed by atoms with Crippen LogP contribution in [-0.2, 0) is 13.0 Å². The molecule has 0 bridgehead atoms. The second-order valence-corrected chi connectivity index (χ2v) is 6.27. The van der Waals surface area contributed by atoms with Crippen molar-refractivity contribution in [1.29, 1.82) is 5.26 Å². The molecule has 28 heavy (non-hydrogen) atoms. The fraction of sp³-hybridized carbons (Fsp3) is 0.300. The average molecular weight is 374 g/mol. The number of fused-ring (bicyclic) bond motifs is 1. The number of aryl methyl sites for hydroxylation is 2. The lowest BCUT2D eigenvalue weighted by atomic mass is 10.1. The van der Waals surface area contributed by atoms with Crippen molar-refractivity contribution < 1.29 is 0 Å². The number of imidazole rings is 1. The van der Waals surface area contributed by atoms with Gasteiger partial charge in [0, 0.05) is 18.0 Å². The van der Waals surface area contributed by atoms with E-state index in [9.17, 15) is 5.26 Å². The lowest BCUT2D eigenvalue weighted by Crippen LogP contribution is -2.10. The van der Waals surface area contributed by atoms with Gasteiger partial charge in [-0.05, 0) is 33.1 Å². The van der Waals surface area contributed by atoms with Crippen LogP contribution >= 0.6 is 0 Å². The van der Waals surface area contributed by atoms with Gasteiger partial charge in [0.1, 0.15) is 23.9 Å². The third-order valence-electron chi connectivity index (χ3n) is 4.43. The smallest absolute Gasteiger partial charge is 0.167 e. The van der Waals surface area contributed by atoms with E-state index in [-0.39, 0.29) is 0 Å². The number of rotatable bonds is 7. The Morgan fingerprint density at radius 1 is 1.36 bits per heavy atom. The first-order valence-corrected chi connectivity index (χ1v) is 9.07. The van der Waals surface area contributed by atoms with Crippen molar-refractivity contribution in [2.24, 2.45) is 4.99 Å². The Hall–Kier alpha value is -3.60. The Balaban J connectivity index is 2.10. The van der Waals surface area contributed by atoms with Gasteiger partial charge in [-0.25, -0.2) is 9.97 Å². The number of nitrogens with zero attached hydrogens (tertiary/aromatic N) is 8. The maximum Gasteiger partial charge on any atom is 0.167 e. The molecular formula is C20H22N8. The van der Waals surface area contributed by atoms with E-state index in [1.165, 1.54) is 0 Å². The molecule has 142 valence electrons. The molecule has 0 aliphatic heterocycles. The highest BCUT2D eigenvalue weighted by Gasteiger charge is 2.17. The van der Waals surface area contributed by atoms with Gasteiger partial charge in [-0.15, -0.1) is 10.2 Å². The molecule has 0 aliphatic carbocycles. The van der Waals surface area contributed by atoms with Crippen LogP contribution in [0.4, 0.5) is 0 Å². The maximum absolute atomic E-state index is 9.46. The van der Waals surface area contributed by atoms with Gasteiger partial charge >= 0.3 is 0 Å². The molecule has 0 aliphatic rings. The molecule has 3 rings (SSSR count). The summed E-state index contributed by atoms with van der Waals surface area (Å²) in [7, 11) is 0. The number of nitriles is 1. The molecule has 8 heteroatoms. The van der Waals surface area contributed by atoms with E-state index in [1.807, 2.05) is 29.0 Å². The minimum Gasteiger partial charge on any atom is -0.324 e. The summed E-state index contributed by atoms with van der Waals surface area (Å²) >= 11 is 0. The first-order chi connectivity index (χ1) is 13.6. The topological polar surface area (TPSA) is 97.0 Å². The van der Waals surface area contributed by atoms with Crippen LogP contribution in [0.15, 0.2) is 41.4 Å². The third-order valence-corrected chi connectivity index (χ3v) is 4.43. The van der Waals surface area contributed by atoms with Gasteiger partial charge in [-0.1, -0.05) is 19.4 Å². The Kier molecular flexibility index (Phi) is 5.75. The molecule has 8 nitrogen and oxygen atoms in total. The van der Waals surface area contributed by atoms with Crippen molar-refractivity contribution in [3.63, 3.8) is 0 Å². The standard InChI is InChI=1S/C20H22N8/c1-5-7-15(11-21)18(22-4)20-23-9-10-27(20)12-17-16(8-6-2)19-26-25-14(3)28(19)13-24-17/h5,7,9-10,13H,4,6,8,12H2,1-3H3. The molecule has 0 atom stereocenters. The van der Waals surface area contributed by atoms with Gasteiger partial charge in [0.15, 0.2) is 11.5 Å². The fourth-order valence-electron chi connectivity index (χ4n) is 3.12. The van der Waals surface area contributed by atoms with Crippen LogP contribution in [0.25, 0.3) is 11.3 Å². The Labute approximate surface area is 163 Å². The van der Waals surface area contributed by atoms with Gasteiger partial charge in [0.05, 0.1) is 17.8 Å². The van der Waals surface area contributed by atoms with Crippen molar-refractivity contribution in [3.05, 3.63) is 59.4 Å². The van der Waals surface area contributed by atoms with E-state index in [4.69, 9.17) is 0 Å². The summed E-state index contributed by atoms with van der Waals surface area (Å²) in [6.07, 6.45) is 10.6. The number of aliphatic imine (C=N–C) groups is 1. The summed E-state index contributed by atoms with van der Waals surface area (Å²) in [4.78, 5) is 13.1. The van der Waals surface area contributed by atoms with E-state index in [1.54, 1.807) is 24.7 Å². The molecule has 0 N–H and O–H groups in total. The molecule has 0 radical (unpaired) electrons. The average Bonchev–Trinajstić information content (AvgIpc) is 3.30. The summed E-state index contributed by atoms with van der Waals surface area (Å²) in [5, 5.41) is 18.0. The van der Waals surface area contributed by atoms with Gasteiger partial charge in [0.25, 0.3) is 0 Å². The maximum atomic E-state index is 9.46. The van der Waals surface area contributed by atoms with E-state index < -0.39 is 0 Å². The van der Waals surface area contributed by atoms with Crippen molar-refractivity contribution in [2.45, 2.75) is 40.2 Å². The highest BCUT2D eigenvalue weighted by atomic mass is 15.3. The zero-order chi connectivity index (χ0) is 20.1. The van der Waals surface area contributed by atoms with Crippen LogP contribution in [0.5, 0.6) is 0 Å². The molecule has 0 aromatic carbocycles. The zero-order valence-corrected chi connectivity index (χ0v) is 16.3. The number of aromatic nitrogens is 6. The Morgan fingerprint density at radius 2 is 2.18 bits per heavy atom. The van der Waals surface area contributed by atoms with Crippen LogP contribution in [0, 0.1) is 18.3 Å². The van der Waals surface area contributed by atoms with E-state index in [2.05, 4.69) is 44.9 Å². The lowest BCUT2D eigenvalue weighted by molar-refractivity contribution is 0.733. The Bertz CT molecular complexity index is 1110. The van der Waals surface area contributed by atoms with Crippen LogP contribution in [0.2, 0.25) is 0 Å². The molecule has 0 fully saturated rings. The predicted molar refractivity (Wildman–Crippen MR) is 108 cm³/mol. The van der Waals surface area contributed by atoms with Crippen LogP contribution in [-0.4, -0.2) is 35.9 Å². The molecule has 3 heterocycles. The van der Waals surface area contributed by atoms with Gasteiger partial charge in [0.2, 0.25) is 0 Å². The summed E-state index contributed by atoms with van der Waals surface area (Å²) in [6.45, 7) is 9.99. The predicted octanol–water partition coefficient (Wildman–Crippen LogP) is 3.14. The van der Waals surface area contributed by atoms with Crippen molar-refractivity contribution in [3.8, 4) is 6.07 Å². The molecule has 3 aromatic rings. The van der Waals surface area contributed by atoms with Gasteiger partial charge in [-0.3, -0.25) is 9.39 Å². The largest absolute Gasteiger partial charge is 0.324 e. The second kappa shape index (κ2) is 8.39. The third kappa shape index (κ3) is 3.47. The van der Waals surface area contributed by atoms with Crippen molar-refractivity contribution in [1.82, 2.24) is 29.1 Å². The van der Waals surface area contributed by atoms with Crippen molar-refractivity contribution >= 4 is 18.1 Å².